The number of nitrogens with one attached hydrogen (secondary N) is 1. The molecule has 1 N–H and O–H groups in total. The summed E-state index contributed by atoms with van der Waals surface area (Å²) in [6.45, 7) is 1.58. The maximum atomic E-state index is 13.8. The van der Waals surface area contributed by atoms with Crippen LogP contribution in [0.3, 0.4) is 0 Å². The average Bonchev–Trinajstić information content (AvgIpc) is 2.98. The van der Waals surface area contributed by atoms with Crippen LogP contribution in [0.15, 0.2) is 54.7 Å². The Balaban J connectivity index is 1.89. The quantitative estimate of drug-likeness (QED) is 0.692. The molecule has 4 nitrogen and oxygen atoms in total. The van der Waals surface area contributed by atoms with Crippen molar-refractivity contribution in [2.24, 2.45) is 0 Å². The first-order valence-corrected chi connectivity index (χ1v) is 7.55. The van der Waals surface area contributed by atoms with Gasteiger partial charge in [0.25, 0.3) is 5.91 Å². The Morgan fingerprint density at radius 3 is 2.46 bits per heavy atom. The molecule has 0 spiro atoms. The number of carbonyl (C=O) groups excluding carboxylic acids is 1. The van der Waals surface area contributed by atoms with E-state index in [1.165, 1.54) is 10.9 Å². The number of para-hydroxylation sites is 1. The number of amides is 1. The predicted octanol–water partition coefficient (Wildman–Crippen LogP) is 4.59. The highest BCUT2D eigenvalue weighted by molar-refractivity contribution is 6.05. The number of hydrogen-bond donors (Lipinski definition) is 1. The second-order valence-electron chi connectivity index (χ2n) is 5.55. The van der Waals surface area contributed by atoms with E-state index in [0.29, 0.717) is 29.6 Å². The third kappa shape index (κ3) is 3.58. The molecular formula is C18H13F4N3O. The van der Waals surface area contributed by atoms with Crippen LogP contribution in [-0.2, 0) is 6.18 Å². The van der Waals surface area contributed by atoms with Crippen molar-refractivity contribution in [2.45, 2.75) is 13.1 Å². The molecule has 2 aromatic carbocycles. The molecule has 3 aromatic rings. The zero-order valence-corrected chi connectivity index (χ0v) is 13.5. The average molecular weight is 363 g/mol. The number of carbonyl (C=O) groups is 1. The number of hydrogen-bond acceptors (Lipinski definition) is 2. The van der Waals surface area contributed by atoms with Gasteiger partial charge in [0.2, 0.25) is 0 Å². The number of aromatic nitrogens is 2. The third-order valence-electron chi connectivity index (χ3n) is 3.71. The van der Waals surface area contributed by atoms with Crippen molar-refractivity contribution in [1.82, 2.24) is 9.78 Å². The van der Waals surface area contributed by atoms with Gasteiger partial charge in [-0.25, -0.2) is 9.07 Å². The highest BCUT2D eigenvalue weighted by atomic mass is 19.4. The SMILES string of the molecule is Cc1nn(-c2ccccc2)cc1C(=O)Nc1cc(C(F)(F)F)ccc1F. The highest BCUT2D eigenvalue weighted by Crippen LogP contribution is 2.32. The van der Waals surface area contributed by atoms with Gasteiger partial charge in [-0.15, -0.1) is 0 Å². The molecule has 134 valence electrons. The Morgan fingerprint density at radius 2 is 1.81 bits per heavy atom. The number of benzene rings is 2. The summed E-state index contributed by atoms with van der Waals surface area (Å²) >= 11 is 0. The maximum absolute atomic E-state index is 13.8. The summed E-state index contributed by atoms with van der Waals surface area (Å²) < 4.78 is 53.6. The van der Waals surface area contributed by atoms with E-state index in [4.69, 9.17) is 0 Å². The molecule has 1 heterocycles. The van der Waals surface area contributed by atoms with Crippen LogP contribution in [0.2, 0.25) is 0 Å². The van der Waals surface area contributed by atoms with Gasteiger partial charge in [0.05, 0.1) is 28.2 Å². The smallest absolute Gasteiger partial charge is 0.319 e. The van der Waals surface area contributed by atoms with E-state index >= 15 is 0 Å². The molecule has 0 saturated heterocycles. The van der Waals surface area contributed by atoms with Gasteiger partial charge in [-0.2, -0.15) is 18.3 Å². The number of alkyl halides is 3. The van der Waals surface area contributed by atoms with E-state index in [1.807, 2.05) is 6.07 Å². The van der Waals surface area contributed by atoms with Crippen LogP contribution in [0.5, 0.6) is 0 Å². The molecule has 1 amide bonds. The maximum Gasteiger partial charge on any atom is 0.416 e. The van der Waals surface area contributed by atoms with Crippen LogP contribution in [0, 0.1) is 12.7 Å². The van der Waals surface area contributed by atoms with Crippen molar-refractivity contribution >= 4 is 11.6 Å². The lowest BCUT2D eigenvalue weighted by atomic mass is 10.1. The summed E-state index contributed by atoms with van der Waals surface area (Å²) in [5.41, 5.74) is -0.396. The van der Waals surface area contributed by atoms with Gasteiger partial charge in [0, 0.05) is 6.20 Å². The number of rotatable bonds is 3. The lowest BCUT2D eigenvalue weighted by Gasteiger charge is -2.10. The molecule has 0 unspecified atom stereocenters. The molecule has 0 aliphatic carbocycles. The summed E-state index contributed by atoms with van der Waals surface area (Å²) in [5, 5.41) is 6.38. The molecule has 0 atom stereocenters. The Labute approximate surface area is 146 Å². The first kappa shape index (κ1) is 17.7. The zero-order chi connectivity index (χ0) is 18.9. The van der Waals surface area contributed by atoms with Gasteiger partial charge in [0.1, 0.15) is 5.82 Å². The van der Waals surface area contributed by atoms with E-state index in [-0.39, 0.29) is 5.56 Å². The molecule has 0 aliphatic heterocycles. The fourth-order valence-electron chi connectivity index (χ4n) is 2.38. The number of nitrogens with zero attached hydrogens (tertiary/aromatic N) is 2. The molecule has 8 heteroatoms. The lowest BCUT2D eigenvalue weighted by Crippen LogP contribution is -2.15. The Kier molecular flexibility index (Phi) is 4.50. The predicted molar refractivity (Wildman–Crippen MR) is 87.7 cm³/mol. The monoisotopic (exact) mass is 363 g/mol. The van der Waals surface area contributed by atoms with E-state index in [9.17, 15) is 22.4 Å². The molecule has 0 fully saturated rings. The van der Waals surface area contributed by atoms with Crippen LogP contribution in [-0.4, -0.2) is 15.7 Å². The summed E-state index contributed by atoms with van der Waals surface area (Å²) in [7, 11) is 0. The van der Waals surface area contributed by atoms with Crippen molar-refractivity contribution in [3.8, 4) is 5.69 Å². The van der Waals surface area contributed by atoms with Crippen LogP contribution in [0.1, 0.15) is 21.6 Å². The van der Waals surface area contributed by atoms with Crippen LogP contribution in [0.4, 0.5) is 23.2 Å². The number of aryl methyl sites for hydroxylation is 1. The zero-order valence-electron chi connectivity index (χ0n) is 13.5. The fraction of sp³-hybridized carbons (Fsp3) is 0.111. The molecule has 0 aliphatic rings. The lowest BCUT2D eigenvalue weighted by molar-refractivity contribution is -0.137. The van der Waals surface area contributed by atoms with Gasteiger partial charge < -0.3 is 5.32 Å². The second-order valence-corrected chi connectivity index (χ2v) is 5.55. The summed E-state index contributed by atoms with van der Waals surface area (Å²) in [4.78, 5) is 12.4. The van der Waals surface area contributed by atoms with Gasteiger partial charge in [0.15, 0.2) is 0 Å². The van der Waals surface area contributed by atoms with Crippen molar-refractivity contribution in [3.05, 3.63) is 77.4 Å². The Morgan fingerprint density at radius 1 is 1.12 bits per heavy atom. The van der Waals surface area contributed by atoms with Crippen LogP contribution >= 0.6 is 0 Å². The summed E-state index contributed by atoms with van der Waals surface area (Å²) in [6, 6.07) is 10.8. The minimum atomic E-state index is -4.64. The van der Waals surface area contributed by atoms with Gasteiger partial charge >= 0.3 is 6.18 Å². The van der Waals surface area contributed by atoms with Crippen LogP contribution in [0.25, 0.3) is 5.69 Å². The van der Waals surface area contributed by atoms with E-state index in [2.05, 4.69) is 10.4 Å². The third-order valence-corrected chi connectivity index (χ3v) is 3.71. The van der Waals surface area contributed by atoms with E-state index in [0.717, 1.165) is 0 Å². The minimum Gasteiger partial charge on any atom is -0.319 e. The fourth-order valence-corrected chi connectivity index (χ4v) is 2.38. The first-order valence-electron chi connectivity index (χ1n) is 7.55. The first-order chi connectivity index (χ1) is 12.3. The van der Waals surface area contributed by atoms with E-state index < -0.39 is 29.2 Å². The largest absolute Gasteiger partial charge is 0.416 e. The van der Waals surface area contributed by atoms with Crippen molar-refractivity contribution in [3.63, 3.8) is 0 Å². The minimum absolute atomic E-state index is 0.130. The standard InChI is InChI=1S/C18H13F4N3O/c1-11-14(10-25(24-11)13-5-3-2-4-6-13)17(26)23-16-9-12(18(20,21)22)7-8-15(16)19/h2-10H,1H3,(H,23,26). The molecule has 0 radical (unpaired) electrons. The van der Waals surface area contributed by atoms with Gasteiger partial charge in [-0.3, -0.25) is 4.79 Å². The molecule has 3 rings (SSSR count). The highest BCUT2D eigenvalue weighted by Gasteiger charge is 2.31. The van der Waals surface area contributed by atoms with Gasteiger partial charge in [-0.1, -0.05) is 18.2 Å². The molecule has 1 aromatic heterocycles. The topological polar surface area (TPSA) is 46.9 Å². The van der Waals surface area contributed by atoms with Gasteiger partial charge in [-0.05, 0) is 37.3 Å². The summed E-state index contributed by atoms with van der Waals surface area (Å²) in [6.07, 6.45) is -3.20. The van der Waals surface area contributed by atoms with Crippen molar-refractivity contribution in [2.75, 3.05) is 5.32 Å². The van der Waals surface area contributed by atoms with Crippen LogP contribution < -0.4 is 5.32 Å². The second kappa shape index (κ2) is 6.62. The van der Waals surface area contributed by atoms with Crippen molar-refractivity contribution < 1.29 is 22.4 Å². The molecule has 0 saturated carbocycles. The van der Waals surface area contributed by atoms with Crippen molar-refractivity contribution in [1.29, 1.82) is 0 Å². The molecule has 26 heavy (non-hydrogen) atoms. The number of anilines is 1. The normalized spacial score (nSPS) is 11.4. The van der Waals surface area contributed by atoms with E-state index in [1.54, 1.807) is 31.2 Å². The Hall–Kier alpha value is -3.16. The Bertz CT molecular complexity index is 949. The number of halogens is 4. The molecular weight excluding hydrogens is 350 g/mol. The summed E-state index contributed by atoms with van der Waals surface area (Å²) in [5.74, 6) is -1.71. The molecule has 0 bridgehead atoms.